The van der Waals surface area contributed by atoms with Crippen molar-refractivity contribution in [1.29, 1.82) is 0 Å². The minimum atomic E-state index is 0.622. The van der Waals surface area contributed by atoms with Crippen molar-refractivity contribution in [2.75, 3.05) is 0 Å². The molecule has 0 atom stereocenters. The van der Waals surface area contributed by atoms with E-state index >= 15 is 0 Å². The Labute approximate surface area is 278 Å². The summed E-state index contributed by atoms with van der Waals surface area (Å²) >= 11 is 1.85. The Morgan fingerprint density at radius 1 is 0.396 bits per heavy atom. The van der Waals surface area contributed by atoms with Gasteiger partial charge in [-0.15, -0.1) is 11.3 Å². The Bertz CT molecular complexity index is 2960. The van der Waals surface area contributed by atoms with Crippen LogP contribution < -0.4 is 0 Å². The number of thiophene rings is 1. The van der Waals surface area contributed by atoms with Crippen molar-refractivity contribution in [3.05, 3.63) is 140 Å². The number of para-hydroxylation sites is 1. The van der Waals surface area contributed by atoms with Crippen LogP contribution in [0.5, 0.6) is 0 Å². The smallest absolute Gasteiger partial charge is 0.164 e. The predicted molar refractivity (Wildman–Crippen MR) is 198 cm³/mol. The molecule has 4 nitrogen and oxygen atoms in total. The molecular formula is C43H23N3OS. The number of rotatable bonds is 3. The van der Waals surface area contributed by atoms with E-state index in [0.717, 1.165) is 38.6 Å². The van der Waals surface area contributed by atoms with E-state index < -0.39 is 0 Å². The standard InChI is InChI=1S/C43H23N3OS/c1-2-10-24(11-3-1)41-44-42(46-43(45-41)32-17-9-19-36-39(32)30-14-6-7-18-35(30)47-36)25-20-21-28-34-23-33-27-13-5-4-12-26(27)29-15-8-16-31(38(29)33)40(34)48-37(28)22-25/h1-23H. The van der Waals surface area contributed by atoms with E-state index in [1.165, 1.54) is 53.2 Å². The molecule has 0 spiro atoms. The normalized spacial score (nSPS) is 12.2. The fraction of sp³-hybridized carbons (Fsp3) is 0. The molecule has 222 valence electrons. The lowest BCUT2D eigenvalue weighted by molar-refractivity contribution is 0.669. The maximum absolute atomic E-state index is 6.22. The van der Waals surface area contributed by atoms with Crippen molar-refractivity contribution in [1.82, 2.24) is 15.0 Å². The molecule has 0 aliphatic heterocycles. The lowest BCUT2D eigenvalue weighted by Gasteiger charge is -2.09. The molecule has 11 rings (SSSR count). The van der Waals surface area contributed by atoms with Gasteiger partial charge in [-0.3, -0.25) is 0 Å². The van der Waals surface area contributed by atoms with Crippen molar-refractivity contribution in [2.24, 2.45) is 0 Å². The highest BCUT2D eigenvalue weighted by atomic mass is 32.1. The first-order valence-corrected chi connectivity index (χ1v) is 16.8. The van der Waals surface area contributed by atoms with E-state index in [1.54, 1.807) is 0 Å². The third-order valence-electron chi connectivity index (χ3n) is 9.67. The molecule has 0 fully saturated rings. The van der Waals surface area contributed by atoms with Gasteiger partial charge in [0.05, 0.1) is 0 Å². The summed E-state index contributed by atoms with van der Waals surface area (Å²) in [6.07, 6.45) is 0. The SMILES string of the molecule is c1ccc(-c2nc(-c3ccc4c(c3)sc3c5cccc6c5c(cc43)-c3ccccc3-6)nc(-c3cccc4oc5ccccc5c34)n2)cc1. The number of aromatic nitrogens is 3. The van der Waals surface area contributed by atoms with Crippen LogP contribution in [0.1, 0.15) is 0 Å². The molecule has 10 aromatic rings. The van der Waals surface area contributed by atoms with Gasteiger partial charge in [-0.1, -0.05) is 115 Å². The van der Waals surface area contributed by atoms with Gasteiger partial charge in [0.2, 0.25) is 0 Å². The number of hydrogen-bond donors (Lipinski definition) is 0. The monoisotopic (exact) mass is 629 g/mol. The summed E-state index contributed by atoms with van der Waals surface area (Å²) < 4.78 is 8.75. The molecule has 0 saturated heterocycles. The molecule has 0 amide bonds. The first-order valence-electron chi connectivity index (χ1n) is 16.0. The Morgan fingerprint density at radius 3 is 1.96 bits per heavy atom. The molecular weight excluding hydrogens is 607 g/mol. The molecule has 48 heavy (non-hydrogen) atoms. The van der Waals surface area contributed by atoms with E-state index in [9.17, 15) is 0 Å². The van der Waals surface area contributed by atoms with E-state index in [-0.39, 0.29) is 0 Å². The van der Waals surface area contributed by atoms with Crippen LogP contribution in [-0.2, 0) is 0 Å². The van der Waals surface area contributed by atoms with Crippen LogP contribution in [0.25, 0.3) is 109 Å². The topological polar surface area (TPSA) is 51.8 Å². The third kappa shape index (κ3) is 3.62. The molecule has 0 N–H and O–H groups in total. The minimum absolute atomic E-state index is 0.622. The lowest BCUT2D eigenvalue weighted by atomic mass is 9.99. The second kappa shape index (κ2) is 9.67. The van der Waals surface area contributed by atoms with Crippen LogP contribution in [0.2, 0.25) is 0 Å². The van der Waals surface area contributed by atoms with Gasteiger partial charge in [-0.2, -0.15) is 0 Å². The van der Waals surface area contributed by atoms with Gasteiger partial charge in [0.25, 0.3) is 0 Å². The van der Waals surface area contributed by atoms with Crippen molar-refractivity contribution in [3.8, 4) is 56.4 Å². The molecule has 3 aromatic heterocycles. The Hall–Kier alpha value is -6.17. The fourth-order valence-corrected chi connectivity index (χ4v) is 8.79. The summed E-state index contributed by atoms with van der Waals surface area (Å²) in [5.41, 5.74) is 9.77. The average molecular weight is 630 g/mol. The van der Waals surface area contributed by atoms with Crippen LogP contribution in [0.4, 0.5) is 0 Å². The zero-order chi connectivity index (χ0) is 31.3. The molecule has 3 heterocycles. The fourth-order valence-electron chi connectivity index (χ4n) is 7.54. The number of nitrogens with zero attached hydrogens (tertiary/aromatic N) is 3. The van der Waals surface area contributed by atoms with Crippen LogP contribution in [0.3, 0.4) is 0 Å². The van der Waals surface area contributed by atoms with Gasteiger partial charge in [0.1, 0.15) is 11.2 Å². The quantitative estimate of drug-likeness (QED) is 0.195. The first-order chi connectivity index (χ1) is 23.8. The minimum Gasteiger partial charge on any atom is -0.456 e. The predicted octanol–water partition coefficient (Wildman–Crippen LogP) is 11.9. The first kappa shape index (κ1) is 26.0. The van der Waals surface area contributed by atoms with Crippen molar-refractivity contribution >= 4 is 64.2 Å². The molecule has 7 aromatic carbocycles. The van der Waals surface area contributed by atoms with E-state index in [0.29, 0.717) is 17.5 Å². The van der Waals surface area contributed by atoms with E-state index in [2.05, 4.69) is 78.9 Å². The summed E-state index contributed by atoms with van der Waals surface area (Å²) in [5, 5.41) is 7.26. The molecule has 1 aliphatic rings. The molecule has 5 heteroatoms. The average Bonchev–Trinajstić information content (AvgIpc) is 3.82. The van der Waals surface area contributed by atoms with E-state index in [4.69, 9.17) is 19.4 Å². The molecule has 1 aliphatic carbocycles. The van der Waals surface area contributed by atoms with Gasteiger partial charge >= 0.3 is 0 Å². The molecule has 0 radical (unpaired) electrons. The lowest BCUT2D eigenvalue weighted by Crippen LogP contribution is -2.00. The highest BCUT2D eigenvalue weighted by Gasteiger charge is 2.24. The van der Waals surface area contributed by atoms with Crippen molar-refractivity contribution < 1.29 is 4.42 Å². The van der Waals surface area contributed by atoms with Gasteiger partial charge in [-0.05, 0) is 51.9 Å². The van der Waals surface area contributed by atoms with Crippen LogP contribution in [-0.4, -0.2) is 15.0 Å². The Balaban J connectivity index is 1.14. The molecule has 0 unspecified atom stereocenters. The number of furan rings is 1. The highest BCUT2D eigenvalue weighted by molar-refractivity contribution is 7.26. The summed E-state index contributed by atoms with van der Waals surface area (Å²) in [5.74, 6) is 1.91. The largest absolute Gasteiger partial charge is 0.456 e. The second-order valence-electron chi connectivity index (χ2n) is 12.3. The van der Waals surface area contributed by atoms with Crippen LogP contribution in [0, 0.1) is 0 Å². The number of hydrogen-bond acceptors (Lipinski definition) is 5. The third-order valence-corrected chi connectivity index (χ3v) is 10.9. The van der Waals surface area contributed by atoms with Crippen molar-refractivity contribution in [3.63, 3.8) is 0 Å². The van der Waals surface area contributed by atoms with Gasteiger partial charge < -0.3 is 4.42 Å². The Kier molecular flexibility index (Phi) is 5.23. The summed E-state index contributed by atoms with van der Waals surface area (Å²) in [4.78, 5) is 15.3. The number of fused-ring (bicyclic) bond motifs is 10. The second-order valence-corrected chi connectivity index (χ2v) is 13.4. The maximum Gasteiger partial charge on any atom is 0.164 e. The molecule has 0 saturated carbocycles. The highest BCUT2D eigenvalue weighted by Crippen LogP contribution is 2.52. The summed E-state index contributed by atoms with van der Waals surface area (Å²) in [7, 11) is 0. The van der Waals surface area contributed by atoms with Crippen LogP contribution >= 0.6 is 11.3 Å². The van der Waals surface area contributed by atoms with Crippen LogP contribution in [0.15, 0.2) is 144 Å². The zero-order valence-corrected chi connectivity index (χ0v) is 26.3. The van der Waals surface area contributed by atoms with Gasteiger partial charge in [-0.25, -0.2) is 15.0 Å². The van der Waals surface area contributed by atoms with Gasteiger partial charge in [0, 0.05) is 53.0 Å². The number of benzene rings is 7. The summed E-state index contributed by atoms with van der Waals surface area (Å²) in [6.45, 7) is 0. The maximum atomic E-state index is 6.22. The van der Waals surface area contributed by atoms with E-state index in [1.807, 2.05) is 72.0 Å². The van der Waals surface area contributed by atoms with Crippen molar-refractivity contribution in [2.45, 2.75) is 0 Å². The van der Waals surface area contributed by atoms with Gasteiger partial charge in [0.15, 0.2) is 17.5 Å². The Morgan fingerprint density at radius 2 is 1.06 bits per heavy atom. The summed E-state index contributed by atoms with van der Waals surface area (Å²) in [6, 6.07) is 48.9. The molecule has 0 bridgehead atoms. The zero-order valence-electron chi connectivity index (χ0n) is 25.4.